The summed E-state index contributed by atoms with van der Waals surface area (Å²) in [7, 11) is -3.23. The molecule has 1 fully saturated rings. The molecule has 5 nitrogen and oxygen atoms in total. The molecular weight excluding hydrogens is 288 g/mol. The number of carbonyl (C=O) groups excluding carboxylic acids is 1. The fraction of sp³-hybridized carbons (Fsp3) is 0.533. The zero-order valence-corrected chi connectivity index (χ0v) is 13.2. The molecule has 116 valence electrons. The van der Waals surface area contributed by atoms with Crippen LogP contribution in [0.2, 0.25) is 0 Å². The monoisotopic (exact) mass is 310 g/mol. The van der Waals surface area contributed by atoms with Crippen molar-refractivity contribution in [2.75, 3.05) is 12.8 Å². The van der Waals surface area contributed by atoms with Crippen LogP contribution in [0.1, 0.15) is 36.5 Å². The van der Waals surface area contributed by atoms with Crippen molar-refractivity contribution < 1.29 is 13.2 Å². The summed E-state index contributed by atoms with van der Waals surface area (Å²) in [4.78, 5) is 12.4. The van der Waals surface area contributed by atoms with Gasteiger partial charge in [-0.1, -0.05) is 6.42 Å². The van der Waals surface area contributed by atoms with E-state index in [2.05, 4.69) is 10.6 Å². The molecule has 1 aromatic rings. The minimum atomic E-state index is -3.23. The second-order valence-corrected chi connectivity index (χ2v) is 7.63. The first-order valence-corrected chi connectivity index (χ1v) is 9.11. The predicted octanol–water partition coefficient (Wildman–Crippen LogP) is 1.35. The van der Waals surface area contributed by atoms with Crippen LogP contribution in [0.15, 0.2) is 29.2 Å². The maximum absolute atomic E-state index is 12.2. The van der Waals surface area contributed by atoms with E-state index in [0.29, 0.717) is 11.6 Å². The largest absolute Gasteiger partial charge is 0.348 e. The molecule has 1 heterocycles. The van der Waals surface area contributed by atoms with E-state index in [4.69, 9.17) is 0 Å². The Labute approximate surface area is 126 Å². The molecule has 21 heavy (non-hydrogen) atoms. The van der Waals surface area contributed by atoms with Crippen molar-refractivity contribution in [2.24, 2.45) is 0 Å². The van der Waals surface area contributed by atoms with Gasteiger partial charge in [0, 0.05) is 23.9 Å². The molecule has 2 atom stereocenters. The first-order chi connectivity index (χ1) is 9.88. The van der Waals surface area contributed by atoms with Crippen molar-refractivity contribution in [2.45, 2.75) is 43.2 Å². The lowest BCUT2D eigenvalue weighted by Crippen LogP contribution is -2.50. The average molecular weight is 310 g/mol. The molecule has 0 saturated carbocycles. The lowest BCUT2D eigenvalue weighted by molar-refractivity contribution is 0.0928. The topological polar surface area (TPSA) is 75.3 Å². The van der Waals surface area contributed by atoms with Gasteiger partial charge >= 0.3 is 0 Å². The Hall–Kier alpha value is -1.40. The Morgan fingerprint density at radius 2 is 1.95 bits per heavy atom. The number of benzene rings is 1. The minimum Gasteiger partial charge on any atom is -0.348 e. The van der Waals surface area contributed by atoms with Gasteiger partial charge in [-0.05, 0) is 50.6 Å². The van der Waals surface area contributed by atoms with Crippen molar-refractivity contribution >= 4 is 15.7 Å². The maximum Gasteiger partial charge on any atom is 0.251 e. The Kier molecular flexibility index (Phi) is 5.00. The predicted molar refractivity (Wildman–Crippen MR) is 82.1 cm³/mol. The van der Waals surface area contributed by atoms with Crippen molar-refractivity contribution in [3.8, 4) is 0 Å². The van der Waals surface area contributed by atoms with Gasteiger partial charge < -0.3 is 10.6 Å². The van der Waals surface area contributed by atoms with Crippen LogP contribution in [-0.2, 0) is 9.84 Å². The zero-order valence-electron chi connectivity index (χ0n) is 12.4. The van der Waals surface area contributed by atoms with Crippen molar-refractivity contribution in [3.63, 3.8) is 0 Å². The first kappa shape index (κ1) is 16.0. The number of sulfone groups is 1. The van der Waals surface area contributed by atoms with Gasteiger partial charge in [0.25, 0.3) is 5.91 Å². The molecule has 0 aromatic heterocycles. The van der Waals surface area contributed by atoms with E-state index < -0.39 is 9.84 Å². The van der Waals surface area contributed by atoms with Crippen LogP contribution in [0.25, 0.3) is 0 Å². The summed E-state index contributed by atoms with van der Waals surface area (Å²) in [6.45, 7) is 2.99. The van der Waals surface area contributed by atoms with Crippen LogP contribution in [0.4, 0.5) is 0 Å². The molecule has 2 unspecified atom stereocenters. The van der Waals surface area contributed by atoms with Crippen LogP contribution in [0.3, 0.4) is 0 Å². The Morgan fingerprint density at radius 1 is 1.29 bits per heavy atom. The number of carbonyl (C=O) groups is 1. The summed E-state index contributed by atoms with van der Waals surface area (Å²) in [6, 6.07) is 6.38. The van der Waals surface area contributed by atoms with Crippen molar-refractivity contribution in [1.29, 1.82) is 0 Å². The summed E-state index contributed by atoms with van der Waals surface area (Å²) in [6.07, 6.45) is 4.58. The molecular formula is C15H22N2O3S. The second kappa shape index (κ2) is 6.58. The van der Waals surface area contributed by atoms with Crippen LogP contribution >= 0.6 is 0 Å². The Balaban J connectivity index is 1.99. The first-order valence-electron chi connectivity index (χ1n) is 7.22. The van der Waals surface area contributed by atoms with Crippen LogP contribution in [0.5, 0.6) is 0 Å². The van der Waals surface area contributed by atoms with Gasteiger partial charge in [0.15, 0.2) is 9.84 Å². The maximum atomic E-state index is 12.2. The molecule has 1 aromatic carbocycles. The van der Waals surface area contributed by atoms with Crippen LogP contribution < -0.4 is 10.6 Å². The van der Waals surface area contributed by atoms with Gasteiger partial charge in [0.2, 0.25) is 0 Å². The highest BCUT2D eigenvalue weighted by atomic mass is 32.2. The number of hydrogen-bond acceptors (Lipinski definition) is 4. The third-order valence-electron chi connectivity index (χ3n) is 3.86. The molecule has 1 amide bonds. The molecule has 0 spiro atoms. The number of hydrogen-bond donors (Lipinski definition) is 2. The van der Waals surface area contributed by atoms with E-state index in [1.54, 1.807) is 12.1 Å². The number of rotatable bonds is 4. The lowest BCUT2D eigenvalue weighted by Gasteiger charge is -2.29. The molecule has 0 bridgehead atoms. The average Bonchev–Trinajstić information content (AvgIpc) is 2.47. The molecule has 1 saturated heterocycles. The third-order valence-corrected chi connectivity index (χ3v) is 4.98. The molecule has 6 heteroatoms. The summed E-state index contributed by atoms with van der Waals surface area (Å²) in [5.74, 6) is -0.171. The van der Waals surface area contributed by atoms with Gasteiger partial charge in [0.05, 0.1) is 4.90 Å². The number of amides is 1. The van der Waals surface area contributed by atoms with E-state index in [0.717, 1.165) is 19.2 Å². The van der Waals surface area contributed by atoms with E-state index in [1.807, 2.05) is 6.92 Å². The van der Waals surface area contributed by atoms with Gasteiger partial charge in [-0.15, -0.1) is 0 Å². The Morgan fingerprint density at radius 3 is 2.48 bits per heavy atom. The Bertz CT molecular complexity index is 590. The standard InChI is InChI=1S/C15H22N2O3S/c1-11(14-5-3-4-10-16-14)17-15(18)12-6-8-13(9-7-12)21(2,19)20/h6-9,11,14,16H,3-5,10H2,1-2H3,(H,17,18). The van der Waals surface area contributed by atoms with Gasteiger partial charge in [-0.2, -0.15) is 0 Å². The van der Waals surface area contributed by atoms with Crippen LogP contribution in [0, 0.1) is 0 Å². The smallest absolute Gasteiger partial charge is 0.251 e. The summed E-state index contributed by atoms with van der Waals surface area (Å²) in [5.41, 5.74) is 0.477. The van der Waals surface area contributed by atoms with Gasteiger partial charge in [-0.25, -0.2) is 8.42 Å². The van der Waals surface area contributed by atoms with E-state index in [-0.39, 0.29) is 16.8 Å². The normalized spacial score (nSPS) is 20.8. The fourth-order valence-corrected chi connectivity index (χ4v) is 3.18. The van der Waals surface area contributed by atoms with Gasteiger partial charge in [-0.3, -0.25) is 4.79 Å². The molecule has 2 N–H and O–H groups in total. The zero-order chi connectivity index (χ0) is 15.5. The van der Waals surface area contributed by atoms with E-state index in [9.17, 15) is 13.2 Å². The van der Waals surface area contributed by atoms with E-state index in [1.165, 1.54) is 25.0 Å². The minimum absolute atomic E-state index is 0.0485. The second-order valence-electron chi connectivity index (χ2n) is 5.62. The quantitative estimate of drug-likeness (QED) is 0.880. The van der Waals surface area contributed by atoms with Crippen LogP contribution in [-0.4, -0.2) is 39.2 Å². The lowest BCUT2D eigenvalue weighted by atomic mass is 9.99. The molecule has 1 aliphatic rings. The summed E-state index contributed by atoms with van der Waals surface area (Å²) >= 11 is 0. The highest BCUT2D eigenvalue weighted by molar-refractivity contribution is 7.90. The summed E-state index contributed by atoms with van der Waals surface area (Å²) < 4.78 is 22.8. The van der Waals surface area contributed by atoms with Crippen molar-refractivity contribution in [1.82, 2.24) is 10.6 Å². The highest BCUT2D eigenvalue weighted by Gasteiger charge is 2.21. The molecule has 1 aliphatic heterocycles. The fourth-order valence-electron chi connectivity index (χ4n) is 2.55. The molecule has 0 aliphatic carbocycles. The SMILES string of the molecule is CC(NC(=O)c1ccc(S(C)(=O)=O)cc1)C1CCCCN1. The van der Waals surface area contributed by atoms with Gasteiger partial charge in [0.1, 0.15) is 0 Å². The van der Waals surface area contributed by atoms with E-state index >= 15 is 0 Å². The van der Waals surface area contributed by atoms with Crippen molar-refractivity contribution in [3.05, 3.63) is 29.8 Å². The number of nitrogens with one attached hydrogen (secondary N) is 2. The third kappa shape index (κ3) is 4.28. The summed E-state index contributed by atoms with van der Waals surface area (Å²) in [5, 5.41) is 6.38. The number of piperidine rings is 1. The molecule has 0 radical (unpaired) electrons. The highest BCUT2D eigenvalue weighted by Crippen LogP contribution is 2.13. The molecule has 2 rings (SSSR count).